The Bertz CT molecular complexity index is 372. The monoisotopic (exact) mass is 271 g/mol. The van der Waals surface area contributed by atoms with Crippen LogP contribution in [0.1, 0.15) is 15.9 Å². The van der Waals surface area contributed by atoms with Gasteiger partial charge in [0.05, 0.1) is 0 Å². The minimum Gasteiger partial charge on any atom is -0.366 e. The summed E-state index contributed by atoms with van der Waals surface area (Å²) in [5.74, 6) is -0.600. The Labute approximate surface area is 101 Å². The molecule has 1 rings (SSSR count). The van der Waals surface area contributed by atoms with Crippen molar-refractivity contribution in [3.63, 3.8) is 0 Å². The molecule has 0 radical (unpaired) electrons. The molecule has 0 aromatic heterocycles. The molecule has 0 spiro atoms. The predicted octanol–water partition coefficient (Wildman–Crippen LogP) is 3.27. The molecular formula is C8H5Cl4NO. The van der Waals surface area contributed by atoms with Crippen LogP contribution in [0.2, 0.25) is 5.02 Å². The summed E-state index contributed by atoms with van der Waals surface area (Å²) in [5.41, 5.74) is 5.55. The van der Waals surface area contributed by atoms with E-state index in [0.717, 1.165) is 0 Å². The first-order chi connectivity index (χ1) is 6.32. The van der Waals surface area contributed by atoms with E-state index in [1.165, 1.54) is 18.2 Å². The largest absolute Gasteiger partial charge is 0.366 e. The molecule has 0 atom stereocenters. The molecule has 0 bridgehead atoms. The maximum Gasteiger partial charge on any atom is 0.248 e. The maximum atomic E-state index is 10.8. The SMILES string of the molecule is NC(=O)c1ccc(Cl)c(C(Cl)(Cl)Cl)c1. The van der Waals surface area contributed by atoms with Crippen LogP contribution in [0.4, 0.5) is 0 Å². The van der Waals surface area contributed by atoms with E-state index in [2.05, 4.69) is 0 Å². The Kier molecular flexibility index (Phi) is 3.53. The number of nitrogens with two attached hydrogens (primary N) is 1. The lowest BCUT2D eigenvalue weighted by atomic mass is 10.1. The van der Waals surface area contributed by atoms with Gasteiger partial charge in [-0.2, -0.15) is 0 Å². The van der Waals surface area contributed by atoms with Gasteiger partial charge in [0.25, 0.3) is 0 Å². The summed E-state index contributed by atoms with van der Waals surface area (Å²) in [6, 6.07) is 4.28. The second-order valence-corrected chi connectivity index (χ2v) is 5.25. The molecule has 1 aromatic rings. The zero-order chi connectivity index (χ0) is 10.9. The molecule has 0 saturated carbocycles. The zero-order valence-corrected chi connectivity index (χ0v) is 9.75. The number of alkyl halides is 3. The highest BCUT2D eigenvalue weighted by Gasteiger charge is 2.26. The van der Waals surface area contributed by atoms with E-state index in [0.29, 0.717) is 0 Å². The molecule has 2 N–H and O–H groups in total. The van der Waals surface area contributed by atoms with E-state index in [9.17, 15) is 4.79 Å². The number of carbonyl (C=O) groups excluding carboxylic acids is 1. The number of rotatable bonds is 1. The predicted molar refractivity (Wildman–Crippen MR) is 59.2 cm³/mol. The molecule has 0 unspecified atom stereocenters. The van der Waals surface area contributed by atoms with Crippen LogP contribution in [-0.2, 0) is 3.79 Å². The molecule has 0 aliphatic heterocycles. The fourth-order valence-corrected chi connectivity index (χ4v) is 1.77. The van der Waals surface area contributed by atoms with Crippen LogP contribution in [0.15, 0.2) is 18.2 Å². The Hall–Kier alpha value is -0.150. The highest BCUT2D eigenvalue weighted by atomic mass is 35.6. The van der Waals surface area contributed by atoms with E-state index in [1.54, 1.807) is 0 Å². The van der Waals surface area contributed by atoms with Crippen LogP contribution in [-0.4, -0.2) is 5.91 Å². The summed E-state index contributed by atoms with van der Waals surface area (Å²) < 4.78 is -1.66. The molecule has 0 saturated heterocycles. The van der Waals surface area contributed by atoms with Crippen molar-refractivity contribution >= 4 is 52.3 Å². The van der Waals surface area contributed by atoms with Gasteiger partial charge in [0.1, 0.15) is 0 Å². The third kappa shape index (κ3) is 2.67. The average molecular weight is 273 g/mol. The molecule has 6 heteroatoms. The van der Waals surface area contributed by atoms with Crippen LogP contribution < -0.4 is 5.73 Å². The smallest absolute Gasteiger partial charge is 0.248 e. The lowest BCUT2D eigenvalue weighted by molar-refractivity contribution is 0.1000. The highest BCUT2D eigenvalue weighted by molar-refractivity contribution is 6.67. The standard InChI is InChI=1S/C8H5Cl4NO/c9-6-2-1-4(7(13)14)3-5(6)8(10,11)12/h1-3H,(H2,13,14). The summed E-state index contributed by atoms with van der Waals surface area (Å²) in [7, 11) is 0. The van der Waals surface area contributed by atoms with E-state index in [4.69, 9.17) is 52.1 Å². The number of hydrogen-bond donors (Lipinski definition) is 1. The van der Waals surface area contributed by atoms with Gasteiger partial charge >= 0.3 is 0 Å². The molecule has 0 aliphatic rings. The van der Waals surface area contributed by atoms with Crippen molar-refractivity contribution in [2.24, 2.45) is 5.73 Å². The topological polar surface area (TPSA) is 43.1 Å². The Morgan fingerprint density at radius 2 is 1.86 bits per heavy atom. The molecule has 0 fully saturated rings. The molecule has 1 amide bonds. The first-order valence-corrected chi connectivity index (χ1v) is 5.00. The average Bonchev–Trinajstić information content (AvgIpc) is 2.02. The number of benzene rings is 1. The Balaban J connectivity index is 3.29. The Morgan fingerprint density at radius 1 is 1.29 bits per heavy atom. The third-order valence-electron chi connectivity index (χ3n) is 1.56. The normalized spacial score (nSPS) is 11.4. The fourth-order valence-electron chi connectivity index (χ4n) is 0.896. The van der Waals surface area contributed by atoms with Gasteiger partial charge in [-0.1, -0.05) is 46.4 Å². The molecule has 1 aromatic carbocycles. The third-order valence-corrected chi connectivity index (χ3v) is 2.50. The van der Waals surface area contributed by atoms with Gasteiger partial charge in [0.15, 0.2) is 0 Å². The van der Waals surface area contributed by atoms with Crippen molar-refractivity contribution in [3.05, 3.63) is 34.3 Å². The minimum atomic E-state index is -1.66. The van der Waals surface area contributed by atoms with E-state index >= 15 is 0 Å². The van der Waals surface area contributed by atoms with Gasteiger partial charge in [-0.15, -0.1) is 0 Å². The Morgan fingerprint density at radius 3 is 2.29 bits per heavy atom. The van der Waals surface area contributed by atoms with Crippen molar-refractivity contribution in [1.82, 2.24) is 0 Å². The second kappa shape index (κ2) is 4.15. The second-order valence-electron chi connectivity index (χ2n) is 2.56. The molecule has 14 heavy (non-hydrogen) atoms. The number of carbonyl (C=O) groups is 1. The molecule has 0 aliphatic carbocycles. The summed E-state index contributed by atoms with van der Waals surface area (Å²) >= 11 is 22.7. The van der Waals surface area contributed by atoms with Crippen LogP contribution in [0.5, 0.6) is 0 Å². The van der Waals surface area contributed by atoms with Gasteiger partial charge in [-0.3, -0.25) is 4.79 Å². The van der Waals surface area contributed by atoms with Crippen LogP contribution >= 0.6 is 46.4 Å². The van der Waals surface area contributed by atoms with Gasteiger partial charge in [0, 0.05) is 16.1 Å². The lowest BCUT2D eigenvalue weighted by Gasteiger charge is -2.13. The molecule has 2 nitrogen and oxygen atoms in total. The summed E-state index contributed by atoms with van der Waals surface area (Å²) in [5, 5.41) is 0.273. The van der Waals surface area contributed by atoms with Crippen molar-refractivity contribution in [1.29, 1.82) is 0 Å². The summed E-state index contributed by atoms with van der Waals surface area (Å²) in [6.45, 7) is 0. The number of hydrogen-bond acceptors (Lipinski definition) is 1. The van der Waals surface area contributed by atoms with Gasteiger partial charge in [-0.25, -0.2) is 0 Å². The first-order valence-electron chi connectivity index (χ1n) is 3.49. The van der Waals surface area contributed by atoms with Crippen molar-refractivity contribution in [2.75, 3.05) is 0 Å². The molecule has 76 valence electrons. The minimum absolute atomic E-state index is 0.237. The van der Waals surface area contributed by atoms with E-state index < -0.39 is 9.70 Å². The number of primary amides is 1. The van der Waals surface area contributed by atoms with Gasteiger partial charge < -0.3 is 5.73 Å². The van der Waals surface area contributed by atoms with Crippen molar-refractivity contribution in [2.45, 2.75) is 3.79 Å². The highest BCUT2D eigenvalue weighted by Crippen LogP contribution is 2.41. The zero-order valence-electron chi connectivity index (χ0n) is 6.73. The van der Waals surface area contributed by atoms with Gasteiger partial charge in [-0.05, 0) is 18.2 Å². The maximum absolute atomic E-state index is 10.8. The quantitative estimate of drug-likeness (QED) is 0.784. The van der Waals surface area contributed by atoms with Crippen molar-refractivity contribution in [3.8, 4) is 0 Å². The van der Waals surface area contributed by atoms with Gasteiger partial charge in [0.2, 0.25) is 9.70 Å². The van der Waals surface area contributed by atoms with E-state index in [-0.39, 0.29) is 16.1 Å². The van der Waals surface area contributed by atoms with E-state index in [1.807, 2.05) is 0 Å². The number of halogens is 4. The summed E-state index contributed by atoms with van der Waals surface area (Å²) in [6.07, 6.45) is 0. The fraction of sp³-hybridized carbons (Fsp3) is 0.125. The van der Waals surface area contributed by atoms with Crippen LogP contribution in [0.3, 0.4) is 0 Å². The van der Waals surface area contributed by atoms with Crippen molar-refractivity contribution < 1.29 is 4.79 Å². The lowest BCUT2D eigenvalue weighted by Crippen LogP contribution is -2.12. The first kappa shape index (κ1) is 11.9. The molecular weight excluding hydrogens is 268 g/mol. The molecule has 0 heterocycles. The number of amides is 1. The van der Waals surface area contributed by atoms with Crippen LogP contribution in [0, 0.1) is 0 Å². The van der Waals surface area contributed by atoms with Crippen LogP contribution in [0.25, 0.3) is 0 Å². The summed E-state index contributed by atoms with van der Waals surface area (Å²) in [4.78, 5) is 10.8.